The predicted octanol–water partition coefficient (Wildman–Crippen LogP) is 2.85. The monoisotopic (exact) mass is 291 g/mol. The van der Waals surface area contributed by atoms with Gasteiger partial charge in [0, 0.05) is 11.9 Å². The highest BCUT2D eigenvalue weighted by atomic mass is 35.5. The van der Waals surface area contributed by atoms with Crippen LogP contribution in [0.3, 0.4) is 0 Å². The average molecular weight is 292 g/mol. The van der Waals surface area contributed by atoms with Crippen molar-refractivity contribution in [1.29, 1.82) is 0 Å². The summed E-state index contributed by atoms with van der Waals surface area (Å²) < 4.78 is 31.3. The molecule has 0 saturated heterocycles. The van der Waals surface area contributed by atoms with E-state index in [1.165, 1.54) is 0 Å². The standard InChI is InChI=1S/C12H18ClNO3S/c1-2-17-12-7-5-6-11(10-12)14-18(15,16)9-4-3-8-13/h5-7,10,14H,2-4,8-9H2,1H3. The van der Waals surface area contributed by atoms with E-state index in [9.17, 15) is 8.42 Å². The molecule has 0 radical (unpaired) electrons. The second kappa shape index (κ2) is 7.48. The molecule has 102 valence electrons. The molecule has 0 bridgehead atoms. The molecule has 0 aliphatic heterocycles. The van der Waals surface area contributed by atoms with Crippen molar-refractivity contribution in [3.8, 4) is 5.75 Å². The molecule has 0 fully saturated rings. The Hall–Kier alpha value is -0.940. The van der Waals surface area contributed by atoms with E-state index in [1.807, 2.05) is 6.92 Å². The topological polar surface area (TPSA) is 55.4 Å². The van der Waals surface area contributed by atoms with E-state index in [0.29, 0.717) is 36.8 Å². The number of benzene rings is 1. The van der Waals surface area contributed by atoms with Crippen LogP contribution in [0.4, 0.5) is 5.69 Å². The van der Waals surface area contributed by atoms with Crippen LogP contribution in [-0.2, 0) is 10.0 Å². The second-order valence-corrected chi connectivity index (χ2v) is 6.00. The first kappa shape index (κ1) is 15.1. The molecule has 1 aromatic carbocycles. The maximum Gasteiger partial charge on any atom is 0.232 e. The molecule has 0 unspecified atom stereocenters. The van der Waals surface area contributed by atoms with Gasteiger partial charge in [-0.3, -0.25) is 4.72 Å². The lowest BCUT2D eigenvalue weighted by Crippen LogP contribution is -2.16. The van der Waals surface area contributed by atoms with Gasteiger partial charge in [-0.1, -0.05) is 6.07 Å². The molecule has 0 aromatic heterocycles. The van der Waals surface area contributed by atoms with Crippen molar-refractivity contribution in [2.75, 3.05) is 23.0 Å². The Morgan fingerprint density at radius 1 is 1.33 bits per heavy atom. The fourth-order valence-electron chi connectivity index (χ4n) is 1.43. The summed E-state index contributed by atoms with van der Waals surface area (Å²) in [5.74, 6) is 1.21. The quantitative estimate of drug-likeness (QED) is 0.592. The summed E-state index contributed by atoms with van der Waals surface area (Å²) in [4.78, 5) is 0. The number of ether oxygens (including phenoxy) is 1. The Morgan fingerprint density at radius 2 is 2.11 bits per heavy atom. The number of unbranched alkanes of at least 4 members (excludes halogenated alkanes) is 1. The summed E-state index contributed by atoms with van der Waals surface area (Å²) in [6.07, 6.45) is 1.26. The van der Waals surface area contributed by atoms with Gasteiger partial charge in [0.15, 0.2) is 0 Å². The maximum absolute atomic E-state index is 11.7. The number of alkyl halides is 1. The molecule has 4 nitrogen and oxygen atoms in total. The average Bonchev–Trinajstić information content (AvgIpc) is 2.29. The Balaban J connectivity index is 2.62. The first-order valence-corrected chi connectivity index (χ1v) is 8.05. The van der Waals surface area contributed by atoms with Crippen LogP contribution in [0.5, 0.6) is 5.75 Å². The lowest BCUT2D eigenvalue weighted by atomic mass is 10.3. The van der Waals surface area contributed by atoms with Crippen molar-refractivity contribution >= 4 is 27.3 Å². The van der Waals surface area contributed by atoms with Crippen molar-refractivity contribution < 1.29 is 13.2 Å². The van der Waals surface area contributed by atoms with Crippen molar-refractivity contribution in [1.82, 2.24) is 0 Å². The predicted molar refractivity (Wildman–Crippen MR) is 75.0 cm³/mol. The zero-order valence-electron chi connectivity index (χ0n) is 10.4. The molecule has 1 N–H and O–H groups in total. The summed E-state index contributed by atoms with van der Waals surface area (Å²) in [7, 11) is -3.30. The van der Waals surface area contributed by atoms with Gasteiger partial charge < -0.3 is 4.74 Å². The maximum atomic E-state index is 11.7. The number of anilines is 1. The Morgan fingerprint density at radius 3 is 2.78 bits per heavy atom. The highest BCUT2D eigenvalue weighted by Gasteiger charge is 2.10. The molecule has 0 aliphatic rings. The molecule has 1 rings (SSSR count). The smallest absolute Gasteiger partial charge is 0.232 e. The van der Waals surface area contributed by atoms with Gasteiger partial charge in [0.2, 0.25) is 10.0 Å². The van der Waals surface area contributed by atoms with E-state index < -0.39 is 10.0 Å². The zero-order valence-corrected chi connectivity index (χ0v) is 11.9. The largest absolute Gasteiger partial charge is 0.494 e. The number of nitrogens with one attached hydrogen (secondary N) is 1. The first-order chi connectivity index (χ1) is 8.57. The fourth-order valence-corrected chi connectivity index (χ4v) is 2.79. The number of hydrogen-bond donors (Lipinski definition) is 1. The third-order valence-corrected chi connectivity index (χ3v) is 3.86. The van der Waals surface area contributed by atoms with E-state index in [4.69, 9.17) is 16.3 Å². The van der Waals surface area contributed by atoms with Gasteiger partial charge >= 0.3 is 0 Å². The van der Waals surface area contributed by atoms with Gasteiger partial charge in [0.1, 0.15) is 5.75 Å². The molecule has 1 aromatic rings. The van der Waals surface area contributed by atoms with Crippen molar-refractivity contribution in [3.05, 3.63) is 24.3 Å². The summed E-state index contributed by atoms with van der Waals surface area (Å²) in [5, 5.41) is 0. The SMILES string of the molecule is CCOc1cccc(NS(=O)(=O)CCCCCl)c1. The normalized spacial score (nSPS) is 11.2. The van der Waals surface area contributed by atoms with Crippen molar-refractivity contribution in [2.24, 2.45) is 0 Å². The molecule has 0 aliphatic carbocycles. The molecule has 0 spiro atoms. The number of rotatable bonds is 8. The number of sulfonamides is 1. The minimum atomic E-state index is -3.30. The first-order valence-electron chi connectivity index (χ1n) is 5.86. The Kier molecular flexibility index (Phi) is 6.29. The van der Waals surface area contributed by atoms with Gasteiger partial charge in [-0.25, -0.2) is 8.42 Å². The lowest BCUT2D eigenvalue weighted by molar-refractivity contribution is 0.340. The van der Waals surface area contributed by atoms with Crippen molar-refractivity contribution in [2.45, 2.75) is 19.8 Å². The highest BCUT2D eigenvalue weighted by Crippen LogP contribution is 2.18. The van der Waals surface area contributed by atoms with Crippen LogP contribution in [0.2, 0.25) is 0 Å². The molecule has 0 saturated carbocycles. The van der Waals surface area contributed by atoms with Gasteiger partial charge in [0.25, 0.3) is 0 Å². The van der Waals surface area contributed by atoms with E-state index in [1.54, 1.807) is 24.3 Å². The van der Waals surface area contributed by atoms with Gasteiger partial charge in [0.05, 0.1) is 18.0 Å². The number of hydrogen-bond acceptors (Lipinski definition) is 3. The van der Waals surface area contributed by atoms with Crippen LogP contribution in [0.1, 0.15) is 19.8 Å². The van der Waals surface area contributed by atoms with E-state index in [2.05, 4.69) is 4.72 Å². The van der Waals surface area contributed by atoms with Crippen LogP contribution >= 0.6 is 11.6 Å². The van der Waals surface area contributed by atoms with Crippen LogP contribution < -0.4 is 9.46 Å². The lowest BCUT2D eigenvalue weighted by Gasteiger charge is -2.09. The number of halogens is 1. The molecule has 18 heavy (non-hydrogen) atoms. The Labute approximate surface area is 113 Å². The molecular weight excluding hydrogens is 274 g/mol. The van der Waals surface area contributed by atoms with Crippen molar-refractivity contribution in [3.63, 3.8) is 0 Å². The molecule has 0 heterocycles. The van der Waals surface area contributed by atoms with Crippen LogP contribution in [0.15, 0.2) is 24.3 Å². The molecule has 6 heteroatoms. The van der Waals surface area contributed by atoms with Crippen LogP contribution in [0, 0.1) is 0 Å². The van der Waals surface area contributed by atoms with E-state index in [-0.39, 0.29) is 5.75 Å². The zero-order chi connectivity index (χ0) is 13.4. The van der Waals surface area contributed by atoms with E-state index >= 15 is 0 Å². The fraction of sp³-hybridized carbons (Fsp3) is 0.500. The second-order valence-electron chi connectivity index (χ2n) is 3.78. The molecular formula is C12H18ClNO3S. The Bertz CT molecular complexity index is 462. The van der Waals surface area contributed by atoms with Crippen LogP contribution in [0.25, 0.3) is 0 Å². The minimum Gasteiger partial charge on any atom is -0.494 e. The summed E-state index contributed by atoms with van der Waals surface area (Å²) >= 11 is 5.51. The molecule has 0 amide bonds. The molecule has 0 atom stereocenters. The van der Waals surface area contributed by atoms with E-state index in [0.717, 1.165) is 0 Å². The highest BCUT2D eigenvalue weighted by molar-refractivity contribution is 7.92. The van der Waals surface area contributed by atoms with Crippen LogP contribution in [-0.4, -0.2) is 26.7 Å². The van der Waals surface area contributed by atoms with Gasteiger partial charge in [-0.05, 0) is 31.9 Å². The summed E-state index contributed by atoms with van der Waals surface area (Å²) in [6, 6.07) is 6.90. The minimum absolute atomic E-state index is 0.0819. The third-order valence-electron chi connectivity index (χ3n) is 2.22. The summed E-state index contributed by atoms with van der Waals surface area (Å²) in [6.45, 7) is 2.43. The van der Waals surface area contributed by atoms with Gasteiger partial charge in [-0.2, -0.15) is 0 Å². The summed E-state index contributed by atoms with van der Waals surface area (Å²) in [5.41, 5.74) is 0.520. The van der Waals surface area contributed by atoms with Gasteiger partial charge in [-0.15, -0.1) is 11.6 Å². The third kappa shape index (κ3) is 5.60.